The van der Waals surface area contributed by atoms with E-state index in [2.05, 4.69) is 106 Å². The van der Waals surface area contributed by atoms with Crippen LogP contribution in [0.3, 0.4) is 0 Å². The van der Waals surface area contributed by atoms with Gasteiger partial charge in [-0.05, 0) is 122 Å². The molecule has 17 amide bonds. The lowest BCUT2D eigenvalue weighted by Crippen LogP contribution is -2.63. The molecule has 4 rings (SSSR count). The van der Waals surface area contributed by atoms with Crippen molar-refractivity contribution in [3.8, 4) is 11.5 Å². The first-order valence-electron chi connectivity index (χ1n) is 48.5. The average Bonchev–Trinajstić information content (AvgIpc) is 0.853. The molecule has 0 saturated heterocycles. The summed E-state index contributed by atoms with van der Waals surface area (Å²) < 4.78 is 5.95. The van der Waals surface area contributed by atoms with Gasteiger partial charge in [0.2, 0.25) is 100 Å². The molecule has 51 heteroatoms. The fourth-order valence-corrected chi connectivity index (χ4v) is 15.4. The van der Waals surface area contributed by atoms with Gasteiger partial charge in [-0.15, -0.1) is 0 Å². The smallest absolute Gasteiger partial charge is 0.322 e. The summed E-state index contributed by atoms with van der Waals surface area (Å²) in [6, 6.07) is -10.7. The van der Waals surface area contributed by atoms with Gasteiger partial charge in [0.25, 0.3) is 0 Å². The highest BCUT2D eigenvalue weighted by Gasteiger charge is 2.42. The average molecular weight is 2050 g/mol. The second-order valence-electron chi connectivity index (χ2n) is 36.5. The van der Waals surface area contributed by atoms with Crippen LogP contribution >= 0.6 is 11.8 Å². The van der Waals surface area contributed by atoms with Gasteiger partial charge in [-0.25, -0.2) is 0 Å². The van der Waals surface area contributed by atoms with E-state index in [4.69, 9.17) is 43.9 Å². The summed E-state index contributed by atoms with van der Waals surface area (Å²) in [5.74, 6) is -23.5. The summed E-state index contributed by atoms with van der Waals surface area (Å²) in [6.07, 6.45) is 0.394. The molecule has 0 aliphatic carbocycles. The topological polar surface area (TPSA) is 814 Å². The maximum absolute atomic E-state index is 14.9. The highest BCUT2D eigenvalue weighted by molar-refractivity contribution is 7.99. The number of carbonyl (C=O) groups is 18. The van der Waals surface area contributed by atoms with Crippen LogP contribution < -0.4 is 134 Å². The van der Waals surface area contributed by atoms with Gasteiger partial charge in [-0.2, -0.15) is 11.8 Å². The number of ether oxygens (including phenoxy) is 1. The number of aliphatic carboxylic acids is 1. The lowest BCUT2D eigenvalue weighted by Gasteiger charge is -2.31. The number of fused-ring (bicyclic) bond motifs is 56. The normalized spacial score (nSPS) is 24.6. The third kappa shape index (κ3) is 44.6. The number of thioether (sulfide) groups is 1. The zero-order valence-electron chi connectivity index (χ0n) is 84.6. The summed E-state index contributed by atoms with van der Waals surface area (Å²) in [7, 11) is 0. The van der Waals surface area contributed by atoms with Gasteiger partial charge < -0.3 is 154 Å². The Morgan fingerprint density at radius 2 is 0.743 bits per heavy atom. The van der Waals surface area contributed by atoms with Crippen LogP contribution in [-0.2, 0) is 99.1 Å². The molecule has 806 valence electrons. The van der Waals surface area contributed by atoms with Crippen LogP contribution in [0.2, 0.25) is 0 Å². The third-order valence-corrected chi connectivity index (χ3v) is 25.4. The van der Waals surface area contributed by atoms with E-state index < -0.39 is 289 Å². The SMILES string of the molecule is CC[C@H](C)[C@@H]1NC(=O)CNC(=O)[C@H]([C@@H](C)CC)NC(=O)[C@H](Cc2ccc(O)cc2)NC(=O)[C@H](CCCNC(=N)N)NC(=O)CNC(=O)[C@H](CCCNC(=N)N)NC(=O)[C@H]([C@@H](C)CC)NC(=O)[C@H](C(C)C)NC(=O)[C@H]([C@@H](C)CC)NC(=O)[C@H](CO)NC(=O)[C@H](C(C)C)NC(=O)[C@H](CO)NC(=O)[C@H](N)Cc2ccc(cc2)OCCSC[C@@H](C(=O)NCC(=O)O)NC(=O)[C@H](CCCNC(=N)N)NC(=O)[C@H]([C@@H](C)CC)NC1=O. The number of nitrogens with one attached hydrogen (secondary N) is 23. The van der Waals surface area contributed by atoms with E-state index in [9.17, 15) is 107 Å². The van der Waals surface area contributed by atoms with Gasteiger partial charge in [0.05, 0.1) is 39.0 Å². The van der Waals surface area contributed by atoms with Crippen molar-refractivity contribution in [1.29, 1.82) is 16.2 Å². The predicted molar refractivity (Wildman–Crippen MR) is 535 cm³/mol. The Bertz CT molecular complexity index is 4620. The molecule has 50 nitrogen and oxygen atoms in total. The Kier molecular flexibility index (Phi) is 56.2. The molecule has 2 aromatic rings. The third-order valence-electron chi connectivity index (χ3n) is 24.4. The molecule has 0 radical (unpaired) electrons. The van der Waals surface area contributed by atoms with Crippen molar-refractivity contribution in [2.24, 2.45) is 64.4 Å². The number of phenolic OH excluding ortho intramolecular Hbond substituents is 1. The van der Waals surface area contributed by atoms with Crippen LogP contribution in [0.15, 0.2) is 48.5 Å². The van der Waals surface area contributed by atoms with Crippen molar-refractivity contribution in [3.63, 3.8) is 0 Å². The number of carboxylic acid groups (broad SMARTS) is 1. The van der Waals surface area contributed by atoms with Crippen LogP contribution in [0, 0.1) is 57.7 Å². The number of benzene rings is 2. The first kappa shape index (κ1) is 125. The van der Waals surface area contributed by atoms with Gasteiger partial charge in [-0.1, -0.05) is 153 Å². The van der Waals surface area contributed by atoms with Crippen molar-refractivity contribution in [3.05, 3.63) is 59.7 Å². The molecule has 2 bridgehead atoms. The first-order chi connectivity index (χ1) is 68.0. The number of aliphatic hydroxyl groups excluding tert-OH is 2. The van der Waals surface area contributed by atoms with Crippen LogP contribution in [0.5, 0.6) is 11.5 Å². The summed E-state index contributed by atoms with van der Waals surface area (Å²) in [4.78, 5) is 256. The van der Waals surface area contributed by atoms with Gasteiger partial charge in [0.1, 0.15) is 103 Å². The van der Waals surface area contributed by atoms with Gasteiger partial charge >= 0.3 is 5.97 Å². The maximum Gasteiger partial charge on any atom is 0.322 e. The number of aliphatic hydroxyl groups is 2. The number of nitrogens with two attached hydrogens (primary N) is 4. The predicted octanol–water partition coefficient (Wildman–Crippen LogP) is -5.83. The van der Waals surface area contributed by atoms with E-state index in [1.165, 1.54) is 38.1 Å². The second-order valence-corrected chi connectivity index (χ2v) is 37.6. The number of hydrogen-bond donors (Lipinski definition) is 31. The van der Waals surface area contributed by atoms with Crippen molar-refractivity contribution in [2.45, 2.75) is 271 Å². The van der Waals surface area contributed by atoms with E-state index in [-0.39, 0.29) is 127 Å². The molecule has 20 atom stereocenters. The lowest BCUT2D eigenvalue weighted by molar-refractivity contribution is -0.138. The molecule has 0 fully saturated rings. The van der Waals surface area contributed by atoms with Gasteiger partial charge in [0.15, 0.2) is 17.9 Å². The maximum atomic E-state index is 14.9. The molecule has 0 unspecified atom stereocenters. The molecule has 2 aromatic carbocycles. The van der Waals surface area contributed by atoms with Crippen LogP contribution in [0.1, 0.15) is 179 Å². The van der Waals surface area contributed by atoms with Crippen molar-refractivity contribution in [1.82, 2.24) is 106 Å². The Morgan fingerprint density at radius 3 is 1.17 bits per heavy atom. The Labute approximate surface area is 843 Å². The Hall–Kier alpha value is -13.5. The fourth-order valence-electron chi connectivity index (χ4n) is 14.5. The minimum atomic E-state index is -1.79. The largest absolute Gasteiger partial charge is 0.508 e. The number of carboxylic acids is 1. The van der Waals surface area contributed by atoms with Gasteiger partial charge in [0, 0.05) is 37.6 Å². The fraction of sp³-hybridized carbons (Fsp3) is 0.645. The van der Waals surface area contributed by atoms with Crippen molar-refractivity contribution >= 4 is 136 Å². The zero-order valence-corrected chi connectivity index (χ0v) is 85.4. The molecule has 0 saturated carbocycles. The minimum absolute atomic E-state index is 0.0000404. The number of guanidine groups is 3. The van der Waals surface area contributed by atoms with Crippen molar-refractivity contribution < 1.29 is 111 Å². The molecular weight excluding hydrogens is 1900 g/mol. The van der Waals surface area contributed by atoms with E-state index in [0.29, 0.717) is 16.9 Å². The number of aromatic hydroxyl groups is 1. The summed E-state index contributed by atoms with van der Waals surface area (Å²) in [5.41, 5.74) is 23.9. The van der Waals surface area contributed by atoms with Crippen LogP contribution in [0.25, 0.3) is 0 Å². The molecule has 2 aliphatic heterocycles. The number of carbonyl (C=O) groups excluding carboxylic acids is 17. The molecule has 35 N–H and O–H groups in total. The minimum Gasteiger partial charge on any atom is -0.508 e. The summed E-state index contributed by atoms with van der Waals surface area (Å²) >= 11 is 1.11. The molecule has 2 heterocycles. The number of rotatable bonds is 31. The standard InChI is InChI=1S/C93H155N27O23S/c1-15-49(10)71-84(136)105-42-67(125)114-72(50(11)16-2)89(141)120-74(52(13)18-4)88(140)109-61(25-22-36-103-93(99)100)80(132)113-65(78(130)106-43-68(126)127)46-144-38-37-143-57-32-28-54(29-33-57)39-58(94)76(128)111-63(44-121)82(134)115-69(47(6)7)85(137)112-64(45-122)83(135)118-75(53(14)19-5)90(142)116-70(48(8)9)86(138)119-73(51(12)17-3)87(139)108-59(23-20-34-101-91(95)96)77(129)104-41-66(124)107-60(24-21-35-102-92(97)98)79(131)110-62(81(133)117-71)40-55-26-30-56(123)31-27-55/h26-33,47-53,58-65,69-75,121-123H,15-25,34-46,94H2,1-14H3,(H,104,129)(H,105,136)(H,106,130)(H,107,124)(H,108,139)(H,109,140)(H,110,131)(H,111,128)(H,112,137)(H,113,132)(H,114,125)(H,115,134)(H,116,142)(H,117,133)(H,118,135)(H,119,138)(H,120,141)(H,126,127)(H4,95,96,101)(H4,97,98,102)(H4,99,100,103)/t49-,50-,51-,52-,53-,58+,59-,60-,61-,62-,63-,64-,65-,69-,70-,71-,72-,73-,74-,75-/m0/s1. The monoisotopic (exact) mass is 2050 g/mol. The van der Waals surface area contributed by atoms with E-state index >= 15 is 0 Å². The van der Waals surface area contributed by atoms with E-state index in [1.54, 1.807) is 107 Å². The summed E-state index contributed by atoms with van der Waals surface area (Å²) in [5, 5.41) is 116. The van der Waals surface area contributed by atoms with Crippen molar-refractivity contribution in [2.75, 3.05) is 70.6 Å². The molecular formula is C93H155N27O23S. The molecule has 144 heavy (non-hydrogen) atoms. The quantitative estimate of drug-likeness (QED) is 0.0145. The van der Waals surface area contributed by atoms with Gasteiger partial charge in [-0.3, -0.25) is 103 Å². The van der Waals surface area contributed by atoms with Crippen LogP contribution in [-0.4, -0.2) is 306 Å². The van der Waals surface area contributed by atoms with E-state index in [0.717, 1.165) is 11.8 Å². The molecule has 0 aromatic heterocycles. The Balaban J connectivity index is 2.24. The zero-order chi connectivity index (χ0) is 108. The number of amides is 17. The molecule has 2 aliphatic rings. The number of phenols is 1. The first-order valence-corrected chi connectivity index (χ1v) is 49.7. The van der Waals surface area contributed by atoms with Crippen LogP contribution in [0.4, 0.5) is 0 Å². The lowest BCUT2D eigenvalue weighted by atomic mass is 9.94. The highest BCUT2D eigenvalue weighted by Crippen LogP contribution is 2.21. The number of hydrogen-bond acceptors (Lipinski definition) is 27. The summed E-state index contributed by atoms with van der Waals surface area (Å²) in [6.45, 7) is 18.3. The molecule has 0 spiro atoms. The highest BCUT2D eigenvalue weighted by atomic mass is 32.2. The Morgan fingerprint density at radius 1 is 0.410 bits per heavy atom. The van der Waals surface area contributed by atoms with E-state index in [1.807, 2.05) is 0 Å². The second kappa shape index (κ2) is 64.9.